The number of ether oxygens (including phenoxy) is 2. The van der Waals surface area contributed by atoms with Crippen LogP contribution in [0.3, 0.4) is 0 Å². The number of aromatic nitrogens is 3. The lowest BCUT2D eigenvalue weighted by molar-refractivity contribution is 0.0954. The van der Waals surface area contributed by atoms with E-state index in [-0.39, 0.29) is 17.3 Å². The summed E-state index contributed by atoms with van der Waals surface area (Å²) in [6.07, 6.45) is 3.83. The monoisotopic (exact) mass is 547 g/mol. The van der Waals surface area contributed by atoms with Gasteiger partial charge in [-0.25, -0.2) is 0 Å². The molecular weight excluding hydrogens is 518 g/mol. The molecule has 206 valence electrons. The Morgan fingerprint density at radius 2 is 1.76 bits per heavy atom. The number of pyridine rings is 1. The molecule has 0 saturated carbocycles. The smallest absolute Gasteiger partial charge is 0.299 e. The van der Waals surface area contributed by atoms with E-state index in [9.17, 15) is 9.59 Å². The van der Waals surface area contributed by atoms with E-state index >= 15 is 0 Å². The van der Waals surface area contributed by atoms with Gasteiger partial charge in [0.1, 0.15) is 11.5 Å². The normalized spacial score (nSPS) is 10.6. The molecule has 0 bridgehead atoms. The van der Waals surface area contributed by atoms with Crippen LogP contribution in [0.25, 0.3) is 5.69 Å². The molecule has 2 heterocycles. The average Bonchev–Trinajstić information content (AvgIpc) is 3.00. The second-order valence-corrected chi connectivity index (χ2v) is 9.25. The van der Waals surface area contributed by atoms with Crippen molar-refractivity contribution in [3.8, 4) is 22.9 Å². The van der Waals surface area contributed by atoms with Gasteiger partial charge in [-0.1, -0.05) is 24.3 Å². The molecule has 0 spiro atoms. The standard InChI is InChI=1S/C32H29N5O4/c1-22-7-5-11-28(19-22)41-29-21-35-37(26-12-14-27(40-2)15-13-26)32(39)30(29)36-25-10-6-8-23(20-25)31(38)34-18-16-24-9-3-4-17-33-24/h3-15,17,19-21,36H,16,18H2,1-2H3,(H,34,38). The molecule has 5 rings (SSSR count). The zero-order valence-corrected chi connectivity index (χ0v) is 22.7. The molecule has 0 saturated heterocycles. The Balaban J connectivity index is 1.42. The number of hydrogen-bond acceptors (Lipinski definition) is 7. The third-order valence-electron chi connectivity index (χ3n) is 6.26. The molecule has 0 unspecified atom stereocenters. The van der Waals surface area contributed by atoms with E-state index in [1.807, 2.05) is 49.4 Å². The molecular formula is C32H29N5O4. The fraction of sp³-hybridized carbons (Fsp3) is 0.125. The van der Waals surface area contributed by atoms with E-state index in [1.54, 1.807) is 61.8 Å². The summed E-state index contributed by atoms with van der Waals surface area (Å²) in [7, 11) is 1.58. The maximum absolute atomic E-state index is 13.7. The summed E-state index contributed by atoms with van der Waals surface area (Å²) >= 11 is 0. The predicted molar refractivity (Wildman–Crippen MR) is 158 cm³/mol. The number of aryl methyl sites for hydroxylation is 1. The van der Waals surface area contributed by atoms with Crippen LogP contribution in [0.1, 0.15) is 21.6 Å². The molecule has 0 atom stereocenters. The van der Waals surface area contributed by atoms with Crippen molar-refractivity contribution in [3.05, 3.63) is 131 Å². The van der Waals surface area contributed by atoms with Crippen LogP contribution in [0.15, 0.2) is 108 Å². The van der Waals surface area contributed by atoms with Crippen molar-refractivity contribution < 1.29 is 14.3 Å². The Morgan fingerprint density at radius 1 is 0.927 bits per heavy atom. The fourth-order valence-electron chi connectivity index (χ4n) is 4.18. The zero-order valence-electron chi connectivity index (χ0n) is 22.7. The van der Waals surface area contributed by atoms with Gasteiger partial charge in [-0.05, 0) is 79.2 Å². The number of methoxy groups -OCH3 is 1. The van der Waals surface area contributed by atoms with Gasteiger partial charge >= 0.3 is 0 Å². The van der Waals surface area contributed by atoms with Gasteiger partial charge < -0.3 is 20.1 Å². The lowest BCUT2D eigenvalue weighted by Crippen LogP contribution is -2.26. The SMILES string of the molecule is COc1ccc(-n2ncc(Oc3cccc(C)c3)c(Nc3cccc(C(=O)NCCc4ccccn4)c3)c2=O)cc1. The number of anilines is 2. The first-order valence-electron chi connectivity index (χ1n) is 13.1. The fourth-order valence-corrected chi connectivity index (χ4v) is 4.18. The first-order valence-corrected chi connectivity index (χ1v) is 13.1. The third-order valence-corrected chi connectivity index (χ3v) is 6.26. The maximum atomic E-state index is 13.7. The predicted octanol–water partition coefficient (Wildman–Crippen LogP) is 5.45. The highest BCUT2D eigenvalue weighted by Crippen LogP contribution is 2.29. The van der Waals surface area contributed by atoms with E-state index in [2.05, 4.69) is 20.7 Å². The van der Waals surface area contributed by atoms with E-state index in [0.717, 1.165) is 11.3 Å². The van der Waals surface area contributed by atoms with Crippen LogP contribution in [-0.4, -0.2) is 34.3 Å². The summed E-state index contributed by atoms with van der Waals surface area (Å²) in [4.78, 5) is 30.9. The van der Waals surface area contributed by atoms with Crippen LogP contribution >= 0.6 is 0 Å². The molecule has 9 heteroatoms. The van der Waals surface area contributed by atoms with E-state index in [0.29, 0.717) is 41.4 Å². The van der Waals surface area contributed by atoms with Crippen molar-refractivity contribution in [2.24, 2.45) is 0 Å². The highest BCUT2D eigenvalue weighted by Gasteiger charge is 2.16. The van der Waals surface area contributed by atoms with Crippen molar-refractivity contribution in [3.63, 3.8) is 0 Å². The molecule has 2 N–H and O–H groups in total. The molecule has 0 radical (unpaired) electrons. The largest absolute Gasteiger partial charge is 0.497 e. The maximum Gasteiger partial charge on any atom is 0.299 e. The van der Waals surface area contributed by atoms with Crippen molar-refractivity contribution in [1.82, 2.24) is 20.1 Å². The molecule has 5 aromatic rings. The molecule has 9 nitrogen and oxygen atoms in total. The molecule has 41 heavy (non-hydrogen) atoms. The van der Waals surface area contributed by atoms with Gasteiger partial charge in [-0.3, -0.25) is 14.6 Å². The van der Waals surface area contributed by atoms with Crippen molar-refractivity contribution in [2.45, 2.75) is 13.3 Å². The van der Waals surface area contributed by atoms with E-state index < -0.39 is 5.56 Å². The number of carbonyl (C=O) groups is 1. The van der Waals surface area contributed by atoms with Crippen LogP contribution in [0, 0.1) is 6.92 Å². The number of carbonyl (C=O) groups excluding carboxylic acids is 1. The number of nitrogens with one attached hydrogen (secondary N) is 2. The first kappa shape index (κ1) is 27.1. The summed E-state index contributed by atoms with van der Waals surface area (Å²) in [5, 5.41) is 10.5. The Hall–Kier alpha value is -5.44. The number of amides is 1. The summed E-state index contributed by atoms with van der Waals surface area (Å²) in [6, 6.07) is 27.1. The minimum absolute atomic E-state index is 0.171. The van der Waals surface area contributed by atoms with Crippen LogP contribution in [0.4, 0.5) is 11.4 Å². The van der Waals surface area contributed by atoms with E-state index in [4.69, 9.17) is 9.47 Å². The molecule has 0 fully saturated rings. The highest BCUT2D eigenvalue weighted by molar-refractivity contribution is 5.95. The summed E-state index contributed by atoms with van der Waals surface area (Å²) in [5.41, 5.74) is 3.20. The second kappa shape index (κ2) is 12.6. The number of nitrogens with zero attached hydrogens (tertiary/aromatic N) is 3. The first-order chi connectivity index (χ1) is 20.0. The number of hydrogen-bond donors (Lipinski definition) is 2. The number of rotatable bonds is 10. The molecule has 2 aromatic heterocycles. The lowest BCUT2D eigenvalue weighted by atomic mass is 10.1. The Morgan fingerprint density at radius 3 is 2.51 bits per heavy atom. The van der Waals surface area contributed by atoms with Crippen LogP contribution in [-0.2, 0) is 6.42 Å². The third kappa shape index (κ3) is 6.77. The van der Waals surface area contributed by atoms with Crippen molar-refractivity contribution >= 4 is 17.3 Å². The van der Waals surface area contributed by atoms with Gasteiger partial charge in [0.15, 0.2) is 11.4 Å². The molecule has 0 aliphatic heterocycles. The Labute approximate surface area is 237 Å². The van der Waals surface area contributed by atoms with Gasteiger partial charge in [-0.15, -0.1) is 0 Å². The van der Waals surface area contributed by atoms with Gasteiger partial charge in [0.25, 0.3) is 11.5 Å². The number of benzene rings is 3. The summed E-state index contributed by atoms with van der Waals surface area (Å²) in [6.45, 7) is 2.40. The van der Waals surface area contributed by atoms with Crippen LogP contribution in [0.2, 0.25) is 0 Å². The minimum Gasteiger partial charge on any atom is -0.497 e. The van der Waals surface area contributed by atoms with Crippen molar-refractivity contribution in [2.75, 3.05) is 19.0 Å². The van der Waals surface area contributed by atoms with Crippen LogP contribution < -0.4 is 25.7 Å². The Bertz CT molecular complexity index is 1700. The average molecular weight is 548 g/mol. The lowest BCUT2D eigenvalue weighted by Gasteiger charge is -2.15. The molecule has 0 aliphatic rings. The highest BCUT2D eigenvalue weighted by atomic mass is 16.5. The quantitative estimate of drug-likeness (QED) is 0.239. The van der Waals surface area contributed by atoms with Gasteiger partial charge in [0.05, 0.1) is 19.0 Å². The topological polar surface area (TPSA) is 107 Å². The zero-order chi connectivity index (χ0) is 28.6. The molecule has 3 aromatic carbocycles. The molecule has 0 aliphatic carbocycles. The van der Waals surface area contributed by atoms with Crippen molar-refractivity contribution in [1.29, 1.82) is 0 Å². The van der Waals surface area contributed by atoms with E-state index in [1.165, 1.54) is 10.9 Å². The molecule has 1 amide bonds. The Kier molecular flexibility index (Phi) is 8.35. The van der Waals surface area contributed by atoms with Gasteiger partial charge in [0.2, 0.25) is 0 Å². The van der Waals surface area contributed by atoms with Gasteiger partial charge in [0, 0.05) is 36.1 Å². The second-order valence-electron chi connectivity index (χ2n) is 9.25. The minimum atomic E-state index is -0.425. The summed E-state index contributed by atoms with van der Waals surface area (Å²) in [5.74, 6) is 1.24. The van der Waals surface area contributed by atoms with Gasteiger partial charge in [-0.2, -0.15) is 9.78 Å². The summed E-state index contributed by atoms with van der Waals surface area (Å²) < 4.78 is 12.6. The van der Waals surface area contributed by atoms with Crippen LogP contribution in [0.5, 0.6) is 17.2 Å².